The third-order valence-electron chi connectivity index (χ3n) is 2.44. The molecule has 0 aromatic heterocycles. The third-order valence-corrected chi connectivity index (χ3v) is 2.90. The Morgan fingerprint density at radius 2 is 1.63 bits per heavy atom. The van der Waals surface area contributed by atoms with Crippen LogP contribution in [0.1, 0.15) is 10.4 Å². The van der Waals surface area contributed by atoms with Crippen molar-refractivity contribution >= 4 is 27.7 Å². The quantitative estimate of drug-likeness (QED) is 0.846. The molecule has 1 aromatic carbocycles. The highest BCUT2D eigenvalue weighted by Gasteiger charge is 2.23. The summed E-state index contributed by atoms with van der Waals surface area (Å²) in [4.78, 5) is 25.6. The molecule has 4 nitrogen and oxygen atoms in total. The van der Waals surface area contributed by atoms with Gasteiger partial charge < -0.3 is 9.80 Å². The normalized spacial score (nSPS) is 10.2. The number of nitrogens with zero attached hydrogens (tertiary/aromatic N) is 2. The Morgan fingerprint density at radius 3 is 2.05 bits per heavy atom. The van der Waals surface area contributed by atoms with Crippen molar-refractivity contribution in [1.29, 1.82) is 0 Å². The molecule has 0 atom stereocenters. The van der Waals surface area contributed by atoms with E-state index in [0.717, 1.165) is 17.0 Å². The van der Waals surface area contributed by atoms with Crippen LogP contribution in [0.25, 0.3) is 0 Å². The highest BCUT2D eigenvalue weighted by atomic mass is 79.9. The van der Waals surface area contributed by atoms with E-state index in [-0.39, 0.29) is 16.9 Å². The lowest BCUT2D eigenvalue weighted by Crippen LogP contribution is -2.38. The second kappa shape index (κ2) is 6.10. The molecular formula is C12H13BrF2N2O2. The van der Waals surface area contributed by atoms with Gasteiger partial charge in [-0.15, -0.1) is 0 Å². The Labute approximate surface area is 118 Å². The lowest BCUT2D eigenvalue weighted by atomic mass is 10.1. The summed E-state index contributed by atoms with van der Waals surface area (Å²) in [5.74, 6) is -3.16. The van der Waals surface area contributed by atoms with Gasteiger partial charge in [0.1, 0.15) is 17.2 Å². The van der Waals surface area contributed by atoms with Crippen molar-refractivity contribution in [2.24, 2.45) is 0 Å². The van der Waals surface area contributed by atoms with E-state index < -0.39 is 23.1 Å². The topological polar surface area (TPSA) is 40.6 Å². The zero-order chi connectivity index (χ0) is 14.7. The van der Waals surface area contributed by atoms with Crippen molar-refractivity contribution in [3.05, 3.63) is 33.8 Å². The largest absolute Gasteiger partial charge is 0.347 e. The van der Waals surface area contributed by atoms with Crippen LogP contribution in [0.3, 0.4) is 0 Å². The fraction of sp³-hybridized carbons (Fsp3) is 0.333. The molecule has 0 saturated carbocycles. The maximum absolute atomic E-state index is 13.6. The summed E-state index contributed by atoms with van der Waals surface area (Å²) in [6.07, 6.45) is 0. The molecule has 104 valence electrons. The van der Waals surface area contributed by atoms with Gasteiger partial charge in [-0.05, 0) is 12.1 Å². The zero-order valence-corrected chi connectivity index (χ0v) is 12.3. The fourth-order valence-corrected chi connectivity index (χ4v) is 1.76. The summed E-state index contributed by atoms with van der Waals surface area (Å²) >= 11 is 2.93. The minimum atomic E-state index is -0.971. The highest BCUT2D eigenvalue weighted by molar-refractivity contribution is 9.10. The number of halogens is 3. The molecule has 2 amide bonds. The van der Waals surface area contributed by atoms with E-state index in [9.17, 15) is 18.4 Å². The van der Waals surface area contributed by atoms with Crippen molar-refractivity contribution < 1.29 is 18.4 Å². The Hall–Kier alpha value is -1.50. The van der Waals surface area contributed by atoms with E-state index in [0.29, 0.717) is 0 Å². The summed E-state index contributed by atoms with van der Waals surface area (Å²) in [6.45, 7) is -0.249. The van der Waals surface area contributed by atoms with Crippen molar-refractivity contribution in [2.45, 2.75) is 0 Å². The summed E-state index contributed by atoms with van der Waals surface area (Å²) in [6, 6.07) is 2.00. The van der Waals surface area contributed by atoms with Gasteiger partial charge in [0.25, 0.3) is 5.91 Å². The summed E-state index contributed by atoms with van der Waals surface area (Å²) < 4.78 is 27.4. The average Bonchev–Trinajstić information content (AvgIpc) is 2.26. The molecule has 0 spiro atoms. The molecule has 0 aliphatic rings. The Bertz CT molecular complexity index is 497. The van der Waals surface area contributed by atoms with Gasteiger partial charge in [-0.1, -0.05) is 15.9 Å². The molecule has 0 unspecified atom stereocenters. The first-order chi connectivity index (χ1) is 8.73. The second-order valence-electron chi connectivity index (χ2n) is 4.19. The molecule has 0 aliphatic carbocycles. The molecule has 0 heterocycles. The number of hydrogen-bond donors (Lipinski definition) is 0. The van der Waals surface area contributed by atoms with Gasteiger partial charge in [0, 0.05) is 25.6 Å². The van der Waals surface area contributed by atoms with Gasteiger partial charge in [0.15, 0.2) is 0 Å². The standard InChI is InChI=1S/C12H13BrF2N2O2/c1-16(2)10(18)6-17(3)12(19)11-8(14)4-7(13)5-9(11)15/h4-5H,6H2,1-3H3. The molecule has 0 N–H and O–H groups in total. The van der Waals surface area contributed by atoms with Gasteiger partial charge in [0.2, 0.25) is 5.91 Å². The van der Waals surface area contributed by atoms with Crippen LogP contribution >= 0.6 is 15.9 Å². The second-order valence-corrected chi connectivity index (χ2v) is 5.11. The number of rotatable bonds is 3. The average molecular weight is 335 g/mol. The van der Waals surface area contributed by atoms with Crippen LogP contribution in [-0.2, 0) is 4.79 Å². The molecule has 0 aliphatic heterocycles. The van der Waals surface area contributed by atoms with Crippen molar-refractivity contribution in [3.8, 4) is 0 Å². The van der Waals surface area contributed by atoms with Gasteiger partial charge in [0.05, 0.1) is 6.54 Å². The summed E-state index contributed by atoms with van der Waals surface area (Å²) in [5.41, 5.74) is -0.669. The maximum atomic E-state index is 13.6. The first-order valence-electron chi connectivity index (χ1n) is 5.34. The monoisotopic (exact) mass is 334 g/mol. The van der Waals surface area contributed by atoms with Gasteiger partial charge in [-0.2, -0.15) is 0 Å². The predicted molar refractivity (Wildman–Crippen MR) is 69.7 cm³/mol. The van der Waals surface area contributed by atoms with E-state index in [1.54, 1.807) is 0 Å². The Balaban J connectivity index is 2.98. The highest BCUT2D eigenvalue weighted by Crippen LogP contribution is 2.20. The van der Waals surface area contributed by atoms with E-state index in [4.69, 9.17) is 0 Å². The molecule has 0 bridgehead atoms. The van der Waals surface area contributed by atoms with Crippen LogP contribution in [0.15, 0.2) is 16.6 Å². The molecule has 1 rings (SSSR count). The number of carbonyl (C=O) groups is 2. The third kappa shape index (κ3) is 3.73. The van der Waals surface area contributed by atoms with E-state index >= 15 is 0 Å². The van der Waals surface area contributed by atoms with E-state index in [2.05, 4.69) is 15.9 Å². The number of amides is 2. The molecular weight excluding hydrogens is 322 g/mol. The smallest absolute Gasteiger partial charge is 0.260 e. The lowest BCUT2D eigenvalue weighted by Gasteiger charge is -2.19. The van der Waals surface area contributed by atoms with Gasteiger partial charge in [-0.3, -0.25) is 9.59 Å². The molecule has 7 heteroatoms. The van der Waals surface area contributed by atoms with Crippen LogP contribution in [0.4, 0.5) is 8.78 Å². The molecule has 0 fully saturated rings. The summed E-state index contributed by atoms with van der Waals surface area (Å²) in [7, 11) is 4.37. The number of carbonyl (C=O) groups excluding carboxylic acids is 2. The predicted octanol–water partition coefficient (Wildman–Crippen LogP) is 1.89. The van der Waals surface area contributed by atoms with E-state index in [1.165, 1.54) is 26.0 Å². The minimum absolute atomic E-state index is 0.200. The first-order valence-corrected chi connectivity index (χ1v) is 6.13. The Kier molecular flexibility index (Phi) is 4.99. The maximum Gasteiger partial charge on any atom is 0.260 e. The molecule has 0 saturated heterocycles. The first kappa shape index (κ1) is 15.6. The Morgan fingerprint density at radius 1 is 1.16 bits per heavy atom. The van der Waals surface area contributed by atoms with E-state index in [1.807, 2.05) is 0 Å². The lowest BCUT2D eigenvalue weighted by molar-refractivity contribution is -0.129. The van der Waals surface area contributed by atoms with Crippen molar-refractivity contribution in [3.63, 3.8) is 0 Å². The summed E-state index contributed by atoms with van der Waals surface area (Å²) in [5, 5.41) is 0. The van der Waals surface area contributed by atoms with Crippen LogP contribution in [0.2, 0.25) is 0 Å². The van der Waals surface area contributed by atoms with Crippen molar-refractivity contribution in [1.82, 2.24) is 9.80 Å². The zero-order valence-electron chi connectivity index (χ0n) is 10.7. The van der Waals surface area contributed by atoms with Crippen LogP contribution in [0, 0.1) is 11.6 Å². The van der Waals surface area contributed by atoms with Crippen LogP contribution in [-0.4, -0.2) is 49.3 Å². The van der Waals surface area contributed by atoms with Gasteiger partial charge >= 0.3 is 0 Å². The molecule has 1 aromatic rings. The van der Waals surface area contributed by atoms with Crippen LogP contribution < -0.4 is 0 Å². The van der Waals surface area contributed by atoms with Crippen LogP contribution in [0.5, 0.6) is 0 Å². The number of hydrogen-bond acceptors (Lipinski definition) is 2. The van der Waals surface area contributed by atoms with Gasteiger partial charge in [-0.25, -0.2) is 8.78 Å². The fourth-order valence-electron chi connectivity index (χ4n) is 1.35. The number of benzene rings is 1. The number of likely N-dealkylation sites (N-methyl/N-ethyl adjacent to an activating group) is 2. The molecule has 0 radical (unpaired) electrons. The minimum Gasteiger partial charge on any atom is -0.347 e. The van der Waals surface area contributed by atoms with Crippen molar-refractivity contribution in [2.75, 3.05) is 27.7 Å². The molecule has 19 heavy (non-hydrogen) atoms. The SMILES string of the molecule is CN(C)C(=O)CN(C)C(=O)c1c(F)cc(Br)cc1F.